The van der Waals surface area contributed by atoms with E-state index in [2.05, 4.69) is 51.4 Å². The maximum Gasteiger partial charge on any atom is 0.151 e. The van der Waals surface area contributed by atoms with Crippen LogP contribution in [-0.2, 0) is 6.54 Å². The SMILES string of the molecule is C/C=N\N1CCN(Cc2cc(-c3ccc(C)cc3)no2)CC1. The molecule has 2 aromatic rings. The van der Waals surface area contributed by atoms with E-state index in [1.807, 2.05) is 19.2 Å². The lowest BCUT2D eigenvalue weighted by Crippen LogP contribution is -2.43. The van der Waals surface area contributed by atoms with E-state index in [9.17, 15) is 0 Å². The molecule has 0 radical (unpaired) electrons. The first-order valence-corrected chi connectivity index (χ1v) is 7.73. The Morgan fingerprint density at radius 1 is 1.18 bits per heavy atom. The van der Waals surface area contributed by atoms with Gasteiger partial charge in [0.2, 0.25) is 0 Å². The second kappa shape index (κ2) is 6.75. The molecule has 5 nitrogen and oxygen atoms in total. The van der Waals surface area contributed by atoms with Crippen molar-refractivity contribution in [1.29, 1.82) is 0 Å². The number of aromatic nitrogens is 1. The highest BCUT2D eigenvalue weighted by Crippen LogP contribution is 2.20. The maximum absolute atomic E-state index is 5.49. The molecule has 0 spiro atoms. The Morgan fingerprint density at radius 2 is 1.91 bits per heavy atom. The van der Waals surface area contributed by atoms with Crippen LogP contribution in [0.2, 0.25) is 0 Å². The largest absolute Gasteiger partial charge is 0.359 e. The van der Waals surface area contributed by atoms with Crippen LogP contribution in [0.1, 0.15) is 18.2 Å². The minimum atomic E-state index is 0.808. The number of rotatable bonds is 4. The van der Waals surface area contributed by atoms with Crippen molar-refractivity contribution in [1.82, 2.24) is 15.1 Å². The van der Waals surface area contributed by atoms with Gasteiger partial charge in [-0.3, -0.25) is 9.91 Å². The summed E-state index contributed by atoms with van der Waals surface area (Å²) in [4.78, 5) is 2.38. The molecule has 0 aliphatic carbocycles. The molecule has 0 unspecified atom stereocenters. The summed E-state index contributed by atoms with van der Waals surface area (Å²) in [6, 6.07) is 10.4. The minimum Gasteiger partial charge on any atom is -0.359 e. The van der Waals surface area contributed by atoms with E-state index in [1.54, 1.807) is 0 Å². The topological polar surface area (TPSA) is 44.9 Å². The highest BCUT2D eigenvalue weighted by molar-refractivity contribution is 5.59. The molecule has 1 saturated heterocycles. The molecule has 1 aromatic carbocycles. The summed E-state index contributed by atoms with van der Waals surface area (Å²) in [6.45, 7) is 8.76. The summed E-state index contributed by atoms with van der Waals surface area (Å²) in [5.74, 6) is 0.919. The summed E-state index contributed by atoms with van der Waals surface area (Å²) in [5, 5.41) is 10.6. The Morgan fingerprint density at radius 3 is 2.59 bits per heavy atom. The Balaban J connectivity index is 1.59. The lowest BCUT2D eigenvalue weighted by atomic mass is 10.1. The molecule has 0 bridgehead atoms. The van der Waals surface area contributed by atoms with Crippen molar-refractivity contribution in [3.8, 4) is 11.3 Å². The van der Waals surface area contributed by atoms with Gasteiger partial charge in [0.1, 0.15) is 5.69 Å². The monoisotopic (exact) mass is 298 g/mol. The number of nitrogens with zero attached hydrogens (tertiary/aromatic N) is 4. The Bertz CT molecular complexity index is 624. The third-order valence-corrected chi connectivity index (χ3v) is 3.91. The van der Waals surface area contributed by atoms with E-state index in [0.717, 1.165) is 49.7 Å². The normalized spacial score (nSPS) is 16.5. The second-order valence-electron chi connectivity index (χ2n) is 5.65. The predicted molar refractivity (Wildman–Crippen MR) is 87.7 cm³/mol. The standard InChI is InChI=1S/C17H22N4O/c1-3-18-21-10-8-20(9-11-21)13-16-12-17(19-22-16)15-6-4-14(2)5-7-15/h3-7,12H,8-11,13H2,1-2H3/b18-3-. The number of benzene rings is 1. The molecule has 116 valence electrons. The van der Waals surface area contributed by atoms with Crippen molar-refractivity contribution < 1.29 is 4.52 Å². The van der Waals surface area contributed by atoms with Crippen LogP contribution in [-0.4, -0.2) is 47.5 Å². The minimum absolute atomic E-state index is 0.808. The molecule has 3 rings (SSSR count). The van der Waals surface area contributed by atoms with Crippen LogP contribution in [0.4, 0.5) is 0 Å². The second-order valence-corrected chi connectivity index (χ2v) is 5.65. The van der Waals surface area contributed by atoms with Crippen molar-refractivity contribution in [3.63, 3.8) is 0 Å². The molecule has 2 heterocycles. The highest BCUT2D eigenvalue weighted by Gasteiger charge is 2.17. The van der Waals surface area contributed by atoms with E-state index in [-0.39, 0.29) is 0 Å². The summed E-state index contributed by atoms with van der Waals surface area (Å²) >= 11 is 0. The fraction of sp³-hybridized carbons (Fsp3) is 0.412. The molecule has 1 aliphatic heterocycles. The fourth-order valence-electron chi connectivity index (χ4n) is 2.64. The third kappa shape index (κ3) is 3.54. The molecule has 0 saturated carbocycles. The van der Waals surface area contributed by atoms with Crippen molar-refractivity contribution in [2.45, 2.75) is 20.4 Å². The Labute approximate surface area is 131 Å². The van der Waals surface area contributed by atoms with Gasteiger partial charge in [-0.25, -0.2) is 0 Å². The van der Waals surface area contributed by atoms with Gasteiger partial charge in [0.15, 0.2) is 5.76 Å². The van der Waals surface area contributed by atoms with Crippen molar-refractivity contribution in [3.05, 3.63) is 41.7 Å². The third-order valence-electron chi connectivity index (χ3n) is 3.91. The number of piperazine rings is 1. The van der Waals surface area contributed by atoms with Crippen LogP contribution >= 0.6 is 0 Å². The number of hydrogen-bond donors (Lipinski definition) is 0. The van der Waals surface area contributed by atoms with E-state index in [4.69, 9.17) is 4.52 Å². The van der Waals surface area contributed by atoms with Gasteiger partial charge >= 0.3 is 0 Å². The van der Waals surface area contributed by atoms with Crippen LogP contribution in [0.15, 0.2) is 40.0 Å². The van der Waals surface area contributed by atoms with Gasteiger partial charge < -0.3 is 4.52 Å². The van der Waals surface area contributed by atoms with Gasteiger partial charge in [-0.15, -0.1) is 0 Å². The summed E-state index contributed by atoms with van der Waals surface area (Å²) in [5.41, 5.74) is 3.26. The fourth-order valence-corrected chi connectivity index (χ4v) is 2.64. The Hall–Kier alpha value is -2.14. The number of hydrazone groups is 1. The summed E-state index contributed by atoms with van der Waals surface area (Å²) in [6.07, 6.45) is 1.85. The molecule has 5 heteroatoms. The zero-order valence-electron chi connectivity index (χ0n) is 13.2. The maximum atomic E-state index is 5.49. The zero-order valence-corrected chi connectivity index (χ0v) is 13.2. The first kappa shape index (κ1) is 14.8. The van der Waals surface area contributed by atoms with Crippen LogP contribution in [0.25, 0.3) is 11.3 Å². The van der Waals surface area contributed by atoms with Crippen LogP contribution < -0.4 is 0 Å². The molecular formula is C17H22N4O. The van der Waals surface area contributed by atoms with Crippen molar-refractivity contribution in [2.75, 3.05) is 26.2 Å². The number of aryl methyl sites for hydroxylation is 1. The van der Waals surface area contributed by atoms with Crippen LogP contribution in [0.5, 0.6) is 0 Å². The lowest BCUT2D eigenvalue weighted by Gasteiger charge is -2.32. The van der Waals surface area contributed by atoms with Crippen LogP contribution in [0.3, 0.4) is 0 Å². The molecule has 1 fully saturated rings. The average molecular weight is 298 g/mol. The molecule has 1 aliphatic rings. The predicted octanol–water partition coefficient (Wildman–Crippen LogP) is 2.77. The van der Waals surface area contributed by atoms with E-state index in [1.165, 1.54) is 5.56 Å². The molecular weight excluding hydrogens is 276 g/mol. The van der Waals surface area contributed by atoms with Gasteiger partial charge in [0, 0.05) is 44.0 Å². The first-order chi connectivity index (χ1) is 10.7. The first-order valence-electron chi connectivity index (χ1n) is 7.73. The molecule has 0 N–H and O–H groups in total. The van der Waals surface area contributed by atoms with Gasteiger partial charge in [-0.1, -0.05) is 35.0 Å². The van der Waals surface area contributed by atoms with E-state index in [0.29, 0.717) is 0 Å². The smallest absolute Gasteiger partial charge is 0.151 e. The molecule has 1 aromatic heterocycles. The molecule has 0 atom stereocenters. The van der Waals surface area contributed by atoms with Crippen LogP contribution in [0, 0.1) is 6.92 Å². The van der Waals surface area contributed by atoms with Gasteiger partial charge in [-0.05, 0) is 13.8 Å². The molecule has 0 amide bonds. The number of hydrogen-bond acceptors (Lipinski definition) is 5. The average Bonchev–Trinajstić information content (AvgIpc) is 2.99. The quantitative estimate of drug-likeness (QED) is 0.814. The van der Waals surface area contributed by atoms with Gasteiger partial charge in [0.25, 0.3) is 0 Å². The van der Waals surface area contributed by atoms with Gasteiger partial charge in [-0.2, -0.15) is 5.10 Å². The van der Waals surface area contributed by atoms with Gasteiger partial charge in [0.05, 0.1) is 6.54 Å². The van der Waals surface area contributed by atoms with E-state index >= 15 is 0 Å². The summed E-state index contributed by atoms with van der Waals surface area (Å²) < 4.78 is 5.49. The Kier molecular flexibility index (Phi) is 4.53. The zero-order chi connectivity index (χ0) is 15.4. The summed E-state index contributed by atoms with van der Waals surface area (Å²) in [7, 11) is 0. The molecule has 22 heavy (non-hydrogen) atoms. The van der Waals surface area contributed by atoms with Crippen molar-refractivity contribution in [2.24, 2.45) is 5.10 Å². The lowest BCUT2D eigenvalue weighted by molar-refractivity contribution is 0.122. The van der Waals surface area contributed by atoms with E-state index < -0.39 is 0 Å². The van der Waals surface area contributed by atoms with Crippen molar-refractivity contribution >= 4 is 6.21 Å². The highest BCUT2D eigenvalue weighted by atomic mass is 16.5.